The van der Waals surface area contributed by atoms with Crippen LogP contribution in [0.15, 0.2) is 36.4 Å². The van der Waals surface area contributed by atoms with Gasteiger partial charge in [0.05, 0.1) is 6.61 Å². The molecule has 1 aromatic carbocycles. The average molecular weight is 275 g/mol. The van der Waals surface area contributed by atoms with Gasteiger partial charge >= 0.3 is 0 Å². The fraction of sp³-hybridized carbons (Fsp3) is 0.375. The van der Waals surface area contributed by atoms with Gasteiger partial charge < -0.3 is 10.5 Å². The van der Waals surface area contributed by atoms with Crippen molar-refractivity contribution in [1.29, 1.82) is 0 Å². The molecule has 0 saturated carbocycles. The topological polar surface area (TPSA) is 35.2 Å². The summed E-state index contributed by atoms with van der Waals surface area (Å²) in [6.07, 6.45) is 1.02. The van der Waals surface area contributed by atoms with Gasteiger partial charge in [-0.15, -0.1) is 11.3 Å². The molecule has 1 unspecified atom stereocenters. The van der Waals surface area contributed by atoms with E-state index < -0.39 is 0 Å². The molecule has 0 fully saturated rings. The van der Waals surface area contributed by atoms with Crippen LogP contribution in [0.4, 0.5) is 0 Å². The molecule has 2 N–H and O–H groups in total. The first-order valence-corrected chi connectivity index (χ1v) is 7.55. The monoisotopic (exact) mass is 275 g/mol. The molecule has 2 rings (SSSR count). The van der Waals surface area contributed by atoms with E-state index >= 15 is 0 Å². The van der Waals surface area contributed by atoms with Crippen LogP contribution in [0.5, 0.6) is 5.75 Å². The highest BCUT2D eigenvalue weighted by Crippen LogP contribution is 2.31. The summed E-state index contributed by atoms with van der Waals surface area (Å²) in [6.45, 7) is 5.62. The van der Waals surface area contributed by atoms with Crippen LogP contribution >= 0.6 is 11.3 Å². The Labute approximate surface area is 119 Å². The van der Waals surface area contributed by atoms with Gasteiger partial charge in [-0.3, -0.25) is 0 Å². The third-order valence-electron chi connectivity index (χ3n) is 3.07. The van der Waals surface area contributed by atoms with Crippen molar-refractivity contribution in [3.8, 4) is 5.75 Å². The zero-order valence-corrected chi connectivity index (χ0v) is 12.4. The highest BCUT2D eigenvalue weighted by atomic mass is 32.1. The molecule has 3 heteroatoms. The van der Waals surface area contributed by atoms with Crippen LogP contribution in [0.25, 0.3) is 0 Å². The van der Waals surface area contributed by atoms with Crippen LogP contribution in [-0.2, 0) is 0 Å². The molecule has 0 amide bonds. The molecular formula is C16H21NOS. The second kappa shape index (κ2) is 6.73. The lowest BCUT2D eigenvalue weighted by molar-refractivity contribution is 0.317. The maximum atomic E-state index is 5.96. The molecule has 1 aromatic heterocycles. The predicted molar refractivity (Wildman–Crippen MR) is 82.2 cm³/mol. The molecule has 0 aliphatic carbocycles. The van der Waals surface area contributed by atoms with E-state index in [2.05, 4.69) is 38.1 Å². The highest BCUT2D eigenvalue weighted by Gasteiger charge is 2.14. The Morgan fingerprint density at radius 1 is 1.26 bits per heavy atom. The number of hydrogen-bond acceptors (Lipinski definition) is 3. The standard InChI is InChI=1S/C16H21NOS/c1-3-9-18-14-6-4-5-13(10-14)15(11-17)16-8-7-12(2)19-16/h4-8,10,15H,3,9,11,17H2,1-2H3. The van der Waals surface area contributed by atoms with Gasteiger partial charge in [-0.25, -0.2) is 0 Å². The van der Waals surface area contributed by atoms with Gasteiger partial charge in [0, 0.05) is 22.2 Å². The van der Waals surface area contributed by atoms with Gasteiger partial charge in [0.1, 0.15) is 5.75 Å². The second-order valence-corrected chi connectivity index (χ2v) is 5.98. The SMILES string of the molecule is CCCOc1cccc(C(CN)c2ccc(C)s2)c1. The molecule has 0 saturated heterocycles. The van der Waals surface area contributed by atoms with E-state index in [4.69, 9.17) is 10.5 Å². The number of rotatable bonds is 6. The summed E-state index contributed by atoms with van der Waals surface area (Å²) in [6, 6.07) is 12.6. The minimum absolute atomic E-state index is 0.267. The van der Waals surface area contributed by atoms with E-state index in [0.29, 0.717) is 6.54 Å². The quantitative estimate of drug-likeness (QED) is 0.866. The minimum atomic E-state index is 0.267. The van der Waals surface area contributed by atoms with E-state index in [9.17, 15) is 0 Å². The lowest BCUT2D eigenvalue weighted by Crippen LogP contribution is -2.12. The van der Waals surface area contributed by atoms with Crippen molar-refractivity contribution in [3.63, 3.8) is 0 Å². The van der Waals surface area contributed by atoms with Crippen LogP contribution < -0.4 is 10.5 Å². The summed E-state index contributed by atoms with van der Waals surface area (Å²) < 4.78 is 5.69. The molecule has 0 bridgehead atoms. The molecule has 0 spiro atoms. The van der Waals surface area contributed by atoms with E-state index in [1.165, 1.54) is 15.3 Å². The highest BCUT2D eigenvalue weighted by molar-refractivity contribution is 7.12. The molecular weight excluding hydrogens is 254 g/mol. The Kier molecular flexibility index (Phi) is 5.00. The number of thiophene rings is 1. The lowest BCUT2D eigenvalue weighted by atomic mass is 9.97. The molecule has 0 aliphatic heterocycles. The predicted octanol–water partition coefficient (Wildman–Crippen LogP) is 3.94. The summed E-state index contributed by atoms with van der Waals surface area (Å²) in [5.74, 6) is 1.20. The van der Waals surface area contributed by atoms with Crippen molar-refractivity contribution in [2.24, 2.45) is 5.73 Å². The smallest absolute Gasteiger partial charge is 0.119 e. The number of hydrogen-bond donors (Lipinski definition) is 1. The first-order valence-electron chi connectivity index (χ1n) is 6.73. The summed E-state index contributed by atoms with van der Waals surface area (Å²) in [7, 11) is 0. The number of ether oxygens (including phenoxy) is 1. The van der Waals surface area contributed by atoms with Crippen LogP contribution in [0.1, 0.15) is 34.6 Å². The maximum Gasteiger partial charge on any atom is 0.119 e. The van der Waals surface area contributed by atoms with E-state index in [-0.39, 0.29) is 5.92 Å². The van der Waals surface area contributed by atoms with Crippen LogP contribution in [0.3, 0.4) is 0 Å². The summed E-state index contributed by atoms with van der Waals surface area (Å²) in [5, 5.41) is 0. The number of nitrogens with two attached hydrogens (primary N) is 1. The van der Waals surface area contributed by atoms with E-state index in [1.807, 2.05) is 23.5 Å². The first-order chi connectivity index (χ1) is 9.24. The van der Waals surface area contributed by atoms with E-state index in [1.54, 1.807) is 0 Å². The Balaban J connectivity index is 2.23. The normalized spacial score (nSPS) is 12.4. The molecule has 2 nitrogen and oxygen atoms in total. The first kappa shape index (κ1) is 14.1. The lowest BCUT2D eigenvalue weighted by Gasteiger charge is -2.15. The van der Waals surface area contributed by atoms with Gasteiger partial charge in [-0.05, 0) is 43.2 Å². The Bertz CT molecular complexity index is 521. The van der Waals surface area contributed by atoms with Crippen molar-refractivity contribution < 1.29 is 4.74 Å². The fourth-order valence-corrected chi connectivity index (χ4v) is 3.12. The zero-order valence-electron chi connectivity index (χ0n) is 11.6. The Hall–Kier alpha value is -1.32. The van der Waals surface area contributed by atoms with E-state index in [0.717, 1.165) is 18.8 Å². The molecule has 0 radical (unpaired) electrons. The van der Waals surface area contributed by atoms with Crippen LogP contribution in [0.2, 0.25) is 0 Å². The molecule has 1 heterocycles. The van der Waals surface area contributed by atoms with Crippen molar-refractivity contribution in [2.75, 3.05) is 13.2 Å². The second-order valence-electron chi connectivity index (χ2n) is 4.66. The fourth-order valence-electron chi connectivity index (χ4n) is 2.10. The Morgan fingerprint density at radius 2 is 2.11 bits per heavy atom. The third kappa shape index (κ3) is 3.58. The number of benzene rings is 1. The molecule has 2 aromatic rings. The zero-order chi connectivity index (χ0) is 13.7. The van der Waals surface area contributed by atoms with Gasteiger partial charge in [0.15, 0.2) is 0 Å². The largest absolute Gasteiger partial charge is 0.494 e. The van der Waals surface area contributed by atoms with Crippen LogP contribution in [-0.4, -0.2) is 13.2 Å². The summed E-state index contributed by atoms with van der Waals surface area (Å²) in [5.41, 5.74) is 7.20. The maximum absolute atomic E-state index is 5.96. The van der Waals surface area contributed by atoms with Gasteiger partial charge in [-0.1, -0.05) is 19.1 Å². The van der Waals surface area contributed by atoms with Crippen LogP contribution in [0, 0.1) is 6.92 Å². The van der Waals surface area contributed by atoms with Crippen molar-refractivity contribution in [1.82, 2.24) is 0 Å². The summed E-state index contributed by atoms with van der Waals surface area (Å²) >= 11 is 1.82. The Morgan fingerprint density at radius 3 is 2.74 bits per heavy atom. The average Bonchev–Trinajstić information content (AvgIpc) is 2.84. The minimum Gasteiger partial charge on any atom is -0.494 e. The molecule has 1 atom stereocenters. The van der Waals surface area contributed by atoms with Crippen molar-refractivity contribution in [3.05, 3.63) is 51.7 Å². The third-order valence-corrected chi connectivity index (χ3v) is 4.19. The van der Waals surface area contributed by atoms with Gasteiger partial charge in [-0.2, -0.15) is 0 Å². The van der Waals surface area contributed by atoms with Crippen molar-refractivity contribution >= 4 is 11.3 Å². The number of aryl methyl sites for hydroxylation is 1. The van der Waals surface area contributed by atoms with Gasteiger partial charge in [0.25, 0.3) is 0 Å². The molecule has 19 heavy (non-hydrogen) atoms. The van der Waals surface area contributed by atoms with Crippen molar-refractivity contribution in [2.45, 2.75) is 26.2 Å². The molecule has 102 valence electrons. The summed E-state index contributed by atoms with van der Waals surface area (Å²) in [4.78, 5) is 2.65. The molecule has 0 aliphatic rings. The van der Waals surface area contributed by atoms with Gasteiger partial charge in [0.2, 0.25) is 0 Å².